The maximum absolute atomic E-state index is 11.6. The number of carboxylic acids is 2. The number of nitrogens with two attached hydrogens (primary N) is 1. The number of aromatic carboxylic acids is 2. The van der Waals surface area contributed by atoms with Crippen LogP contribution in [0.3, 0.4) is 0 Å². The summed E-state index contributed by atoms with van der Waals surface area (Å²) in [6, 6.07) is 5.77. The first kappa shape index (κ1) is 18.6. The molecule has 1 aromatic carbocycles. The molecule has 7 N–H and O–H groups in total. The van der Waals surface area contributed by atoms with Crippen molar-refractivity contribution in [2.24, 2.45) is 4.99 Å². The van der Waals surface area contributed by atoms with E-state index in [1.54, 1.807) is 0 Å². The van der Waals surface area contributed by atoms with Gasteiger partial charge in [-0.15, -0.1) is 0 Å². The van der Waals surface area contributed by atoms with E-state index in [9.17, 15) is 14.7 Å². The number of aliphatic imine (C=N–C) groups is 1. The summed E-state index contributed by atoms with van der Waals surface area (Å²) in [6.07, 6.45) is 1.45. The maximum atomic E-state index is 11.6. The highest BCUT2D eigenvalue weighted by Gasteiger charge is 2.23. The Morgan fingerprint density at radius 1 is 1.07 bits per heavy atom. The Labute approximate surface area is 168 Å². The van der Waals surface area contributed by atoms with Crippen LogP contribution >= 0.6 is 0 Å². The summed E-state index contributed by atoms with van der Waals surface area (Å²) < 4.78 is 0. The van der Waals surface area contributed by atoms with Gasteiger partial charge in [0.1, 0.15) is 11.4 Å². The zero-order chi connectivity index (χ0) is 21.4. The third kappa shape index (κ3) is 3.28. The van der Waals surface area contributed by atoms with E-state index >= 15 is 0 Å². The smallest absolute Gasteiger partial charge is 0.358 e. The predicted molar refractivity (Wildman–Crippen MR) is 107 cm³/mol. The molecular formula is C18H14N8O4. The fourth-order valence-corrected chi connectivity index (χ4v) is 2.77. The topological polar surface area (TPSA) is 192 Å². The van der Waals surface area contributed by atoms with Crippen LogP contribution in [0.15, 0.2) is 42.2 Å². The van der Waals surface area contributed by atoms with Crippen molar-refractivity contribution < 1.29 is 19.8 Å². The van der Waals surface area contributed by atoms with Crippen LogP contribution in [-0.4, -0.2) is 48.0 Å². The highest BCUT2D eigenvalue weighted by atomic mass is 16.4. The summed E-state index contributed by atoms with van der Waals surface area (Å²) in [6.45, 7) is 3.84. The van der Waals surface area contributed by atoms with Gasteiger partial charge in [0, 0.05) is 5.56 Å². The second-order valence-electron chi connectivity index (χ2n) is 6.13. The number of hydrogen-bond donors (Lipinski definition) is 6. The molecule has 0 unspecified atom stereocenters. The molecule has 12 heteroatoms. The van der Waals surface area contributed by atoms with Gasteiger partial charge in [0.2, 0.25) is 5.96 Å². The molecule has 2 aromatic heterocycles. The molecule has 0 saturated heterocycles. The number of guanidine groups is 1. The normalized spacial score (nSPS) is 12.5. The van der Waals surface area contributed by atoms with Crippen LogP contribution in [0.4, 0.5) is 17.5 Å². The van der Waals surface area contributed by atoms with Gasteiger partial charge in [-0.25, -0.2) is 24.5 Å². The Balaban J connectivity index is 1.75. The van der Waals surface area contributed by atoms with Gasteiger partial charge in [-0.05, 0) is 12.1 Å². The van der Waals surface area contributed by atoms with Crippen molar-refractivity contribution in [3.05, 3.63) is 54.1 Å². The fraction of sp³-hybridized carbons (Fsp3) is 0. The van der Waals surface area contributed by atoms with Crippen LogP contribution in [0.25, 0.3) is 17.0 Å². The number of carbonyl (C=O) groups is 2. The number of nitrogen functional groups attached to an aromatic ring is 1. The number of nitrogens with zero attached hydrogens (tertiary/aromatic N) is 4. The highest BCUT2D eigenvalue weighted by Crippen LogP contribution is 2.28. The van der Waals surface area contributed by atoms with Crippen molar-refractivity contribution in [2.75, 3.05) is 11.1 Å². The molecule has 3 heterocycles. The summed E-state index contributed by atoms with van der Waals surface area (Å²) >= 11 is 0. The Bertz CT molecular complexity index is 1230. The number of carboxylic acid groups (broad SMARTS) is 2. The second kappa shape index (κ2) is 7.01. The Hall–Kier alpha value is -4.74. The van der Waals surface area contributed by atoms with Crippen LogP contribution in [0.1, 0.15) is 26.5 Å². The number of aromatic amines is 1. The lowest BCUT2D eigenvalue weighted by atomic mass is 10.1. The largest absolute Gasteiger partial charge is 0.478 e. The number of aromatic nitrogens is 4. The lowest BCUT2D eigenvalue weighted by Gasteiger charge is -2.18. The molecule has 150 valence electrons. The summed E-state index contributed by atoms with van der Waals surface area (Å²) in [5, 5.41) is 24.2. The van der Waals surface area contributed by atoms with Gasteiger partial charge in [-0.2, -0.15) is 4.99 Å². The van der Waals surface area contributed by atoms with E-state index in [1.807, 2.05) is 0 Å². The number of H-pyrrole nitrogens is 1. The van der Waals surface area contributed by atoms with Crippen LogP contribution < -0.4 is 16.4 Å². The monoisotopic (exact) mass is 406 g/mol. The minimum Gasteiger partial charge on any atom is -0.478 e. The fourth-order valence-electron chi connectivity index (χ4n) is 2.77. The van der Waals surface area contributed by atoms with Crippen molar-refractivity contribution in [2.45, 2.75) is 0 Å². The van der Waals surface area contributed by atoms with Crippen LogP contribution in [0.5, 0.6) is 0 Å². The molecule has 1 aliphatic heterocycles. The lowest BCUT2D eigenvalue weighted by molar-refractivity contribution is 0.0683. The first-order chi connectivity index (χ1) is 14.3. The van der Waals surface area contributed by atoms with Crippen LogP contribution in [0.2, 0.25) is 0 Å². The summed E-state index contributed by atoms with van der Waals surface area (Å²) in [7, 11) is 0. The van der Waals surface area contributed by atoms with Gasteiger partial charge in [0.05, 0.1) is 17.6 Å². The van der Waals surface area contributed by atoms with Gasteiger partial charge in [0.25, 0.3) is 0 Å². The Kier molecular flexibility index (Phi) is 4.35. The van der Waals surface area contributed by atoms with Gasteiger partial charge < -0.3 is 31.6 Å². The van der Waals surface area contributed by atoms with E-state index < -0.39 is 17.6 Å². The van der Waals surface area contributed by atoms with Crippen LogP contribution in [0, 0.1) is 0 Å². The van der Waals surface area contributed by atoms with E-state index in [-0.39, 0.29) is 28.9 Å². The molecule has 1 aliphatic rings. The number of hydrogen-bond acceptors (Lipinski definition) is 9. The number of imidazole rings is 1. The zero-order valence-corrected chi connectivity index (χ0v) is 15.2. The first-order valence-corrected chi connectivity index (χ1v) is 8.43. The average molecular weight is 406 g/mol. The van der Waals surface area contributed by atoms with Crippen molar-refractivity contribution in [3.63, 3.8) is 0 Å². The van der Waals surface area contributed by atoms with E-state index in [0.717, 1.165) is 0 Å². The van der Waals surface area contributed by atoms with E-state index in [4.69, 9.17) is 10.8 Å². The molecule has 0 fully saturated rings. The summed E-state index contributed by atoms with van der Waals surface area (Å²) in [4.78, 5) is 42.1. The van der Waals surface area contributed by atoms with Crippen molar-refractivity contribution in [3.8, 4) is 11.3 Å². The van der Waals surface area contributed by atoms with Gasteiger partial charge in [-0.3, -0.25) is 0 Å². The molecule has 0 aliphatic carbocycles. The van der Waals surface area contributed by atoms with Gasteiger partial charge in [0.15, 0.2) is 23.1 Å². The number of rotatable bonds is 4. The zero-order valence-electron chi connectivity index (χ0n) is 15.2. The third-order valence-corrected chi connectivity index (χ3v) is 4.17. The number of fused-ring (bicyclic) bond motifs is 1. The summed E-state index contributed by atoms with van der Waals surface area (Å²) in [5.41, 5.74) is 7.20. The van der Waals surface area contributed by atoms with Crippen molar-refractivity contribution >= 4 is 41.0 Å². The third-order valence-electron chi connectivity index (χ3n) is 4.17. The SMILES string of the molecule is C=C1NC(Nc2nc(-c3ccc(C(=O)O)cc3)c(N)nc2C(=O)O)=Nc2[nH]cnc21. The molecule has 0 bridgehead atoms. The maximum Gasteiger partial charge on any atom is 0.358 e. The number of anilines is 2. The molecule has 0 saturated carbocycles. The molecular weight excluding hydrogens is 392 g/mol. The molecule has 0 spiro atoms. The lowest BCUT2D eigenvalue weighted by Crippen LogP contribution is -2.32. The molecule has 3 aromatic rings. The Morgan fingerprint density at radius 2 is 1.80 bits per heavy atom. The standard InChI is InChI=1S/C18H14N8O4/c1-7-10-14(21-6-20-10)25-18(22-7)26-15-12(17(29)30)23-13(19)11(24-15)8-2-4-9(5-3-8)16(27)28/h2-6H,1H2,(H2,19,23)(H,20,21)(H,27,28)(H,29,30)(H2,22,24,25,26). The highest BCUT2D eigenvalue weighted by molar-refractivity contribution is 6.05. The van der Waals surface area contributed by atoms with E-state index in [2.05, 4.69) is 42.1 Å². The Morgan fingerprint density at radius 3 is 2.47 bits per heavy atom. The first-order valence-electron chi connectivity index (χ1n) is 8.43. The molecule has 0 radical (unpaired) electrons. The predicted octanol–water partition coefficient (Wildman–Crippen LogP) is 1.52. The summed E-state index contributed by atoms with van der Waals surface area (Å²) in [5.74, 6) is -2.07. The quantitative estimate of drug-likeness (QED) is 0.370. The van der Waals surface area contributed by atoms with E-state index in [1.165, 1.54) is 30.6 Å². The van der Waals surface area contributed by atoms with Crippen molar-refractivity contribution in [1.29, 1.82) is 0 Å². The molecule has 4 rings (SSSR count). The number of benzene rings is 1. The molecule has 0 atom stereocenters. The molecule has 30 heavy (non-hydrogen) atoms. The van der Waals surface area contributed by atoms with Gasteiger partial charge >= 0.3 is 11.9 Å². The van der Waals surface area contributed by atoms with Gasteiger partial charge in [-0.1, -0.05) is 18.7 Å². The number of nitrogens with one attached hydrogen (secondary N) is 3. The molecule has 12 nitrogen and oxygen atoms in total. The van der Waals surface area contributed by atoms with Crippen molar-refractivity contribution in [1.82, 2.24) is 25.3 Å². The molecule has 0 amide bonds. The minimum absolute atomic E-state index is 0.0837. The van der Waals surface area contributed by atoms with Crippen LogP contribution in [-0.2, 0) is 0 Å². The minimum atomic E-state index is -1.35. The second-order valence-corrected chi connectivity index (χ2v) is 6.13. The van der Waals surface area contributed by atoms with E-state index in [0.29, 0.717) is 22.8 Å². The average Bonchev–Trinajstić information content (AvgIpc) is 3.18.